The summed E-state index contributed by atoms with van der Waals surface area (Å²) >= 11 is 0. The van der Waals surface area contributed by atoms with Crippen LogP contribution in [0.15, 0.2) is 0 Å². The number of nitrogens with zero attached hydrogens (tertiary/aromatic N) is 2. The number of hydrogen-bond acceptors (Lipinski definition) is 5. The van der Waals surface area contributed by atoms with Gasteiger partial charge in [0, 0.05) is 45.8 Å². The number of nitrogens with one attached hydrogen (secondary N) is 1. The molecule has 1 unspecified atom stereocenters. The van der Waals surface area contributed by atoms with E-state index in [2.05, 4.69) is 10.2 Å². The smallest absolute Gasteiger partial charge is 0.215 e. The van der Waals surface area contributed by atoms with Gasteiger partial charge in [-0.1, -0.05) is 0 Å². The van der Waals surface area contributed by atoms with Crippen LogP contribution in [0.5, 0.6) is 0 Å². The van der Waals surface area contributed by atoms with Crippen LogP contribution in [0.4, 0.5) is 0 Å². The maximum absolute atomic E-state index is 12.5. The number of morpholine rings is 1. The van der Waals surface area contributed by atoms with Gasteiger partial charge in [-0.2, -0.15) is 4.31 Å². The Kier molecular flexibility index (Phi) is 5.07. The molecule has 0 spiro atoms. The molecule has 6 nitrogen and oxygen atoms in total. The quantitative estimate of drug-likeness (QED) is 0.774. The first-order chi connectivity index (χ1) is 9.28. The van der Waals surface area contributed by atoms with Gasteiger partial charge in [0.15, 0.2) is 0 Å². The summed E-state index contributed by atoms with van der Waals surface area (Å²) in [6, 6.07) is 0. The molecule has 2 saturated heterocycles. The summed E-state index contributed by atoms with van der Waals surface area (Å²) in [4.78, 5) is 2.21. The minimum absolute atomic E-state index is 0.0484. The molecule has 0 aromatic heterocycles. The molecule has 1 atom stereocenters. The SMILES string of the molecule is CC1CN(S(=O)(=O)CCN2CCNCC2)CC(C)(C)O1. The van der Waals surface area contributed by atoms with Crippen molar-refractivity contribution < 1.29 is 13.2 Å². The predicted molar refractivity (Wildman–Crippen MR) is 79.3 cm³/mol. The Morgan fingerprint density at radius 1 is 1.30 bits per heavy atom. The standard InChI is InChI=1S/C13H27N3O3S/c1-12-10-16(11-13(2,3)19-12)20(17,18)9-8-15-6-4-14-5-7-15/h12,14H,4-11H2,1-3H3. The summed E-state index contributed by atoms with van der Waals surface area (Å²) in [5.74, 6) is 0.204. The molecule has 0 aromatic rings. The minimum atomic E-state index is -3.20. The van der Waals surface area contributed by atoms with E-state index in [0.29, 0.717) is 19.6 Å². The highest BCUT2D eigenvalue weighted by Gasteiger charge is 2.37. The van der Waals surface area contributed by atoms with E-state index in [1.165, 1.54) is 0 Å². The molecule has 0 aromatic carbocycles. The number of rotatable bonds is 4. The Morgan fingerprint density at radius 3 is 2.55 bits per heavy atom. The minimum Gasteiger partial charge on any atom is -0.370 e. The van der Waals surface area contributed by atoms with Gasteiger partial charge in [-0.05, 0) is 20.8 Å². The van der Waals surface area contributed by atoms with Crippen LogP contribution in [0.25, 0.3) is 0 Å². The highest BCUT2D eigenvalue weighted by atomic mass is 32.2. The zero-order chi connectivity index (χ0) is 14.8. The van der Waals surface area contributed by atoms with E-state index in [1.54, 1.807) is 4.31 Å². The van der Waals surface area contributed by atoms with Gasteiger partial charge < -0.3 is 10.1 Å². The first-order valence-electron chi connectivity index (χ1n) is 7.37. The van der Waals surface area contributed by atoms with Crippen molar-refractivity contribution in [3.63, 3.8) is 0 Å². The molecule has 0 aliphatic carbocycles. The predicted octanol–water partition coefficient (Wildman–Crippen LogP) is -0.279. The zero-order valence-corrected chi connectivity index (χ0v) is 13.6. The number of piperazine rings is 1. The Balaban J connectivity index is 1.91. The maximum atomic E-state index is 12.5. The summed E-state index contributed by atoms with van der Waals surface area (Å²) in [5, 5.41) is 3.27. The van der Waals surface area contributed by atoms with Crippen molar-refractivity contribution in [2.24, 2.45) is 0 Å². The van der Waals surface area contributed by atoms with Crippen LogP contribution in [0.1, 0.15) is 20.8 Å². The second-order valence-corrected chi connectivity index (χ2v) is 8.48. The van der Waals surface area contributed by atoms with Crippen LogP contribution in [-0.2, 0) is 14.8 Å². The van der Waals surface area contributed by atoms with Gasteiger partial charge in [-0.25, -0.2) is 8.42 Å². The summed E-state index contributed by atoms with van der Waals surface area (Å²) in [6.07, 6.45) is -0.0484. The summed E-state index contributed by atoms with van der Waals surface area (Å²) < 4.78 is 32.3. The molecule has 0 radical (unpaired) electrons. The molecule has 2 fully saturated rings. The van der Waals surface area contributed by atoms with Crippen LogP contribution < -0.4 is 5.32 Å². The Bertz CT molecular complexity index is 419. The van der Waals surface area contributed by atoms with E-state index in [9.17, 15) is 8.42 Å². The first kappa shape index (κ1) is 16.2. The van der Waals surface area contributed by atoms with Gasteiger partial charge in [0.25, 0.3) is 0 Å². The molecule has 0 saturated carbocycles. The fourth-order valence-electron chi connectivity index (χ4n) is 2.92. The van der Waals surface area contributed by atoms with Crippen LogP contribution in [0.3, 0.4) is 0 Å². The van der Waals surface area contributed by atoms with Crippen molar-refractivity contribution >= 4 is 10.0 Å². The highest BCUT2D eigenvalue weighted by molar-refractivity contribution is 7.89. The first-order valence-corrected chi connectivity index (χ1v) is 8.98. The van der Waals surface area contributed by atoms with Crippen LogP contribution in [0.2, 0.25) is 0 Å². The van der Waals surface area contributed by atoms with Crippen molar-refractivity contribution in [1.82, 2.24) is 14.5 Å². The van der Waals surface area contributed by atoms with Crippen LogP contribution in [0, 0.1) is 0 Å². The second-order valence-electron chi connectivity index (χ2n) is 6.39. The summed E-state index contributed by atoms with van der Waals surface area (Å²) in [6.45, 7) is 11.1. The van der Waals surface area contributed by atoms with E-state index in [1.807, 2.05) is 20.8 Å². The Morgan fingerprint density at radius 2 is 1.95 bits per heavy atom. The topological polar surface area (TPSA) is 61.9 Å². The largest absolute Gasteiger partial charge is 0.370 e. The van der Waals surface area contributed by atoms with Crippen molar-refractivity contribution in [2.75, 3.05) is 51.6 Å². The van der Waals surface area contributed by atoms with Gasteiger partial charge in [0.05, 0.1) is 17.5 Å². The normalized spacial score (nSPS) is 29.4. The van der Waals surface area contributed by atoms with Gasteiger partial charge in [-0.3, -0.25) is 4.90 Å². The molecule has 0 bridgehead atoms. The molecule has 2 rings (SSSR count). The third kappa shape index (κ3) is 4.39. The van der Waals surface area contributed by atoms with Crippen LogP contribution in [-0.4, -0.2) is 80.9 Å². The zero-order valence-electron chi connectivity index (χ0n) is 12.8. The Labute approximate surface area is 122 Å². The molecule has 118 valence electrons. The second kappa shape index (κ2) is 6.27. The van der Waals surface area contributed by atoms with E-state index in [0.717, 1.165) is 26.2 Å². The lowest BCUT2D eigenvalue weighted by Gasteiger charge is -2.41. The highest BCUT2D eigenvalue weighted by Crippen LogP contribution is 2.23. The lowest BCUT2D eigenvalue weighted by Crippen LogP contribution is -2.55. The average molecular weight is 305 g/mol. The maximum Gasteiger partial charge on any atom is 0.215 e. The number of ether oxygens (including phenoxy) is 1. The monoisotopic (exact) mass is 305 g/mol. The number of hydrogen-bond donors (Lipinski definition) is 1. The van der Waals surface area contributed by atoms with Crippen molar-refractivity contribution in [2.45, 2.75) is 32.5 Å². The van der Waals surface area contributed by atoms with Crippen molar-refractivity contribution in [3.05, 3.63) is 0 Å². The molecule has 7 heteroatoms. The molecule has 2 aliphatic heterocycles. The molecular formula is C13H27N3O3S. The third-order valence-electron chi connectivity index (χ3n) is 3.81. The fraction of sp³-hybridized carbons (Fsp3) is 1.00. The molecule has 2 aliphatic rings. The molecule has 0 amide bonds. The van der Waals surface area contributed by atoms with E-state index in [-0.39, 0.29) is 11.9 Å². The van der Waals surface area contributed by atoms with Crippen LogP contribution >= 0.6 is 0 Å². The van der Waals surface area contributed by atoms with E-state index in [4.69, 9.17) is 4.74 Å². The molecular weight excluding hydrogens is 278 g/mol. The molecule has 2 heterocycles. The summed E-state index contributed by atoms with van der Waals surface area (Å²) in [7, 11) is -3.20. The van der Waals surface area contributed by atoms with E-state index < -0.39 is 15.6 Å². The number of sulfonamides is 1. The van der Waals surface area contributed by atoms with Crippen molar-refractivity contribution in [3.8, 4) is 0 Å². The lowest BCUT2D eigenvalue weighted by molar-refractivity contribution is -0.109. The average Bonchev–Trinajstić information content (AvgIpc) is 2.35. The van der Waals surface area contributed by atoms with Gasteiger partial charge in [0.1, 0.15) is 0 Å². The Hall–Kier alpha value is -0.210. The molecule has 20 heavy (non-hydrogen) atoms. The molecule has 1 N–H and O–H groups in total. The third-order valence-corrected chi connectivity index (χ3v) is 5.57. The fourth-order valence-corrected chi connectivity index (χ4v) is 4.61. The van der Waals surface area contributed by atoms with E-state index >= 15 is 0 Å². The van der Waals surface area contributed by atoms with Crippen molar-refractivity contribution in [1.29, 1.82) is 0 Å². The van der Waals surface area contributed by atoms with Gasteiger partial charge >= 0.3 is 0 Å². The van der Waals surface area contributed by atoms with Gasteiger partial charge in [0.2, 0.25) is 10.0 Å². The lowest BCUT2D eigenvalue weighted by atomic mass is 10.1. The van der Waals surface area contributed by atoms with Gasteiger partial charge in [-0.15, -0.1) is 0 Å². The summed E-state index contributed by atoms with van der Waals surface area (Å²) in [5.41, 5.74) is -0.403.